The zero-order valence-electron chi connectivity index (χ0n) is 49.2. The van der Waals surface area contributed by atoms with Gasteiger partial charge in [0.15, 0.2) is 24.6 Å². The first-order valence-corrected chi connectivity index (χ1v) is 31.6. The molecule has 0 aromatic heterocycles. The minimum absolute atomic E-state index is 0.0554. The molecule has 0 aliphatic carbocycles. The van der Waals surface area contributed by atoms with Gasteiger partial charge < -0.3 is 39.0 Å². The topological polar surface area (TPSA) is 175 Å². The van der Waals surface area contributed by atoms with Gasteiger partial charge in [0, 0.05) is 19.3 Å². The molecular formula is C65H114O12. The summed E-state index contributed by atoms with van der Waals surface area (Å²) >= 11 is 0. The van der Waals surface area contributed by atoms with E-state index < -0.39 is 67.3 Å². The van der Waals surface area contributed by atoms with Gasteiger partial charge in [0.2, 0.25) is 0 Å². The summed E-state index contributed by atoms with van der Waals surface area (Å²) in [5, 5.41) is 31.5. The van der Waals surface area contributed by atoms with E-state index in [1.54, 1.807) is 0 Å². The van der Waals surface area contributed by atoms with Crippen molar-refractivity contribution in [2.75, 3.05) is 13.2 Å². The minimum atomic E-state index is -1.91. The Bertz CT molecular complexity index is 1520. The SMILES string of the molecule is CCCCC/C=C\C/C=C\CCCCCCCCCC(=O)OCC(COC1OC(C(=O)O)C(O)C(O)C1OC(=O)CCCCCCCCC/C=C\CCCCCCCC)OC(=O)CCCCCCC/C=C\CCCCCC. The number of ether oxygens (including phenoxy) is 5. The molecule has 0 bridgehead atoms. The predicted octanol–water partition coefficient (Wildman–Crippen LogP) is 16.6. The van der Waals surface area contributed by atoms with Crippen LogP contribution in [0.2, 0.25) is 0 Å². The van der Waals surface area contributed by atoms with Crippen LogP contribution in [-0.2, 0) is 42.9 Å². The number of rotatable bonds is 54. The van der Waals surface area contributed by atoms with Crippen LogP contribution < -0.4 is 0 Å². The number of carboxylic acids is 1. The van der Waals surface area contributed by atoms with Crippen molar-refractivity contribution in [1.29, 1.82) is 0 Å². The molecule has 0 aromatic rings. The molecule has 446 valence electrons. The number of unbranched alkanes of at least 4 members (excludes halogenated alkanes) is 32. The van der Waals surface area contributed by atoms with Crippen molar-refractivity contribution in [1.82, 2.24) is 0 Å². The maximum atomic E-state index is 13.2. The molecule has 77 heavy (non-hydrogen) atoms. The Morgan fingerprint density at radius 1 is 0.429 bits per heavy atom. The number of aliphatic hydroxyl groups excluding tert-OH is 2. The smallest absolute Gasteiger partial charge is 0.335 e. The van der Waals surface area contributed by atoms with Gasteiger partial charge in [-0.2, -0.15) is 0 Å². The fourth-order valence-electron chi connectivity index (χ4n) is 9.45. The summed E-state index contributed by atoms with van der Waals surface area (Å²) in [5.41, 5.74) is 0. The van der Waals surface area contributed by atoms with Crippen molar-refractivity contribution < 1.29 is 58.2 Å². The molecule has 1 rings (SSSR count). The highest BCUT2D eigenvalue weighted by atomic mass is 16.7. The molecule has 12 heteroatoms. The summed E-state index contributed by atoms with van der Waals surface area (Å²) in [6.07, 6.45) is 52.1. The monoisotopic (exact) mass is 1090 g/mol. The third kappa shape index (κ3) is 43.2. The van der Waals surface area contributed by atoms with Crippen molar-refractivity contribution in [2.45, 2.75) is 327 Å². The van der Waals surface area contributed by atoms with Gasteiger partial charge >= 0.3 is 23.9 Å². The molecule has 0 amide bonds. The van der Waals surface area contributed by atoms with E-state index in [2.05, 4.69) is 69.4 Å². The third-order valence-electron chi connectivity index (χ3n) is 14.3. The third-order valence-corrected chi connectivity index (χ3v) is 14.3. The predicted molar refractivity (Wildman–Crippen MR) is 312 cm³/mol. The van der Waals surface area contributed by atoms with Crippen LogP contribution in [-0.4, -0.2) is 89.2 Å². The molecule has 1 saturated heterocycles. The molecule has 0 spiro atoms. The lowest BCUT2D eigenvalue weighted by atomic mass is 9.98. The molecule has 1 heterocycles. The molecule has 0 saturated carbocycles. The molecule has 0 radical (unpaired) electrons. The van der Waals surface area contributed by atoms with Gasteiger partial charge in [-0.1, -0.05) is 217 Å². The van der Waals surface area contributed by atoms with Gasteiger partial charge in [-0.15, -0.1) is 0 Å². The number of esters is 3. The molecule has 6 unspecified atom stereocenters. The Kier molecular flexibility index (Phi) is 49.7. The lowest BCUT2D eigenvalue weighted by Crippen LogP contribution is -2.61. The minimum Gasteiger partial charge on any atom is -0.479 e. The Morgan fingerprint density at radius 2 is 0.779 bits per heavy atom. The Balaban J connectivity index is 2.66. The quantitative estimate of drug-likeness (QED) is 0.0228. The van der Waals surface area contributed by atoms with E-state index >= 15 is 0 Å². The second kappa shape index (κ2) is 53.3. The maximum absolute atomic E-state index is 13.2. The van der Waals surface area contributed by atoms with E-state index in [1.807, 2.05) is 0 Å². The number of aliphatic hydroxyl groups is 2. The molecule has 6 atom stereocenters. The van der Waals surface area contributed by atoms with Crippen molar-refractivity contribution in [3.63, 3.8) is 0 Å². The van der Waals surface area contributed by atoms with E-state index in [0.29, 0.717) is 19.3 Å². The van der Waals surface area contributed by atoms with E-state index in [1.165, 1.54) is 122 Å². The summed E-state index contributed by atoms with van der Waals surface area (Å²) in [5.74, 6) is -3.13. The van der Waals surface area contributed by atoms with E-state index in [4.69, 9.17) is 23.7 Å². The lowest BCUT2D eigenvalue weighted by Gasteiger charge is -2.40. The molecule has 1 aliphatic rings. The van der Waals surface area contributed by atoms with Crippen molar-refractivity contribution in [3.8, 4) is 0 Å². The van der Waals surface area contributed by atoms with Gasteiger partial charge in [0.25, 0.3) is 0 Å². The van der Waals surface area contributed by atoms with E-state index in [-0.39, 0.29) is 25.9 Å². The molecule has 3 N–H and O–H groups in total. The second-order valence-corrected chi connectivity index (χ2v) is 21.7. The zero-order chi connectivity index (χ0) is 56.1. The normalized spacial score (nSPS) is 18.3. The number of aliphatic carboxylic acids is 1. The summed E-state index contributed by atoms with van der Waals surface area (Å²) < 4.78 is 28.5. The van der Waals surface area contributed by atoms with Crippen LogP contribution in [0, 0.1) is 0 Å². The number of hydrogen-bond acceptors (Lipinski definition) is 11. The molecule has 1 fully saturated rings. The summed E-state index contributed by atoms with van der Waals surface area (Å²) in [4.78, 5) is 51.2. The molecule has 1 aliphatic heterocycles. The van der Waals surface area contributed by atoms with Gasteiger partial charge in [-0.25, -0.2) is 4.79 Å². The van der Waals surface area contributed by atoms with Crippen LogP contribution in [0.25, 0.3) is 0 Å². The highest BCUT2D eigenvalue weighted by Crippen LogP contribution is 2.27. The summed E-state index contributed by atoms with van der Waals surface area (Å²) in [7, 11) is 0. The Labute approximate surface area is 469 Å². The maximum Gasteiger partial charge on any atom is 0.335 e. The van der Waals surface area contributed by atoms with Crippen molar-refractivity contribution in [3.05, 3.63) is 48.6 Å². The zero-order valence-corrected chi connectivity index (χ0v) is 49.2. The fourth-order valence-corrected chi connectivity index (χ4v) is 9.45. The van der Waals surface area contributed by atoms with Crippen LogP contribution in [0.4, 0.5) is 0 Å². The van der Waals surface area contributed by atoms with Crippen LogP contribution >= 0.6 is 0 Å². The first-order valence-electron chi connectivity index (χ1n) is 31.6. The van der Waals surface area contributed by atoms with Crippen molar-refractivity contribution >= 4 is 23.9 Å². The van der Waals surface area contributed by atoms with Crippen molar-refractivity contribution in [2.24, 2.45) is 0 Å². The largest absolute Gasteiger partial charge is 0.479 e. The van der Waals surface area contributed by atoms with Gasteiger partial charge in [-0.05, 0) is 103 Å². The summed E-state index contributed by atoms with van der Waals surface area (Å²) in [6, 6.07) is 0. The van der Waals surface area contributed by atoms with Crippen LogP contribution in [0.5, 0.6) is 0 Å². The van der Waals surface area contributed by atoms with Gasteiger partial charge in [-0.3, -0.25) is 14.4 Å². The standard InChI is InChI=1S/C65H114O12/c1-4-7-10-13-16-19-22-25-27-29-31-34-36-39-42-45-48-51-57(66)73-54-56(75-58(67)52-49-46-43-40-37-33-24-21-18-15-12-9-6-3)55-74-65-63(61(70)60(69)62(77-65)64(71)72)76-59(68)53-50-47-44-41-38-35-32-30-28-26-23-20-17-14-11-8-5-2/h16,19,21,24-28,56,60-63,65,69-70H,4-15,17-18,20,22-23,29-55H2,1-3H3,(H,71,72)/b19-16-,24-21-,27-25-,28-26-. The van der Waals surface area contributed by atoms with E-state index in [0.717, 1.165) is 109 Å². The molecule has 0 aromatic carbocycles. The summed E-state index contributed by atoms with van der Waals surface area (Å²) in [6.45, 7) is 5.96. The average Bonchev–Trinajstić information content (AvgIpc) is 3.42. The first-order chi connectivity index (χ1) is 37.6. The van der Waals surface area contributed by atoms with E-state index in [9.17, 15) is 34.5 Å². The van der Waals surface area contributed by atoms with Gasteiger partial charge in [0.1, 0.15) is 18.8 Å². The van der Waals surface area contributed by atoms with Crippen LogP contribution in [0.3, 0.4) is 0 Å². The van der Waals surface area contributed by atoms with Gasteiger partial charge in [0.05, 0.1) is 6.61 Å². The molecular weight excluding hydrogens is 973 g/mol. The second-order valence-electron chi connectivity index (χ2n) is 21.7. The number of allylic oxidation sites excluding steroid dienone is 8. The lowest BCUT2D eigenvalue weighted by molar-refractivity contribution is -0.301. The average molecular weight is 1090 g/mol. The number of hydrogen-bond donors (Lipinski definition) is 3. The fraction of sp³-hybridized carbons (Fsp3) is 0.815. The molecule has 12 nitrogen and oxygen atoms in total. The highest BCUT2D eigenvalue weighted by molar-refractivity contribution is 5.74. The van der Waals surface area contributed by atoms with Crippen LogP contribution in [0.1, 0.15) is 290 Å². The number of carbonyl (C=O) groups excluding carboxylic acids is 3. The first kappa shape index (κ1) is 71.7. The number of carboxylic acid groups (broad SMARTS) is 1. The number of carbonyl (C=O) groups is 4. The highest BCUT2D eigenvalue weighted by Gasteiger charge is 2.50. The van der Waals surface area contributed by atoms with Crippen LogP contribution in [0.15, 0.2) is 48.6 Å². The Hall–Kier alpha value is -3.32. The Morgan fingerprint density at radius 3 is 1.22 bits per heavy atom.